The molecule has 3 unspecified atom stereocenters. The van der Waals surface area contributed by atoms with Crippen LogP contribution in [0.3, 0.4) is 0 Å². The molecule has 0 spiro atoms. The second-order valence-corrected chi connectivity index (χ2v) is 6.86. The van der Waals surface area contributed by atoms with E-state index in [1.165, 1.54) is 12.2 Å². The van der Waals surface area contributed by atoms with Crippen molar-refractivity contribution in [3.05, 3.63) is 0 Å². The highest BCUT2D eigenvalue weighted by Crippen LogP contribution is 2.16. The average molecular weight is 275 g/mol. The van der Waals surface area contributed by atoms with Crippen molar-refractivity contribution in [1.29, 1.82) is 0 Å². The number of thioether (sulfide) groups is 1. The predicted octanol–water partition coefficient (Wildman–Crippen LogP) is 3.33. The summed E-state index contributed by atoms with van der Waals surface area (Å²) in [6.07, 6.45) is 3.45. The second kappa shape index (κ2) is 10.1. The van der Waals surface area contributed by atoms with Crippen LogP contribution >= 0.6 is 11.8 Å². The lowest BCUT2D eigenvalue weighted by atomic mass is 10.00. The van der Waals surface area contributed by atoms with Crippen LogP contribution < -0.4 is 5.32 Å². The minimum atomic E-state index is 0.641. The van der Waals surface area contributed by atoms with Gasteiger partial charge in [0.05, 0.1) is 0 Å². The molecular formula is C15H34N2S. The maximum atomic E-state index is 3.58. The molecule has 0 aromatic heterocycles. The zero-order valence-corrected chi connectivity index (χ0v) is 14.3. The van der Waals surface area contributed by atoms with Gasteiger partial charge in [0.25, 0.3) is 0 Å². The van der Waals surface area contributed by atoms with Gasteiger partial charge in [0, 0.05) is 17.8 Å². The molecule has 0 aliphatic heterocycles. The highest BCUT2D eigenvalue weighted by atomic mass is 32.2. The van der Waals surface area contributed by atoms with Crippen molar-refractivity contribution in [2.75, 3.05) is 32.1 Å². The fourth-order valence-electron chi connectivity index (χ4n) is 2.22. The summed E-state index contributed by atoms with van der Waals surface area (Å²) in [5.74, 6) is 2.68. The first-order valence-electron chi connectivity index (χ1n) is 7.35. The molecule has 2 nitrogen and oxygen atoms in total. The lowest BCUT2D eigenvalue weighted by Gasteiger charge is -2.36. The molecular weight excluding hydrogens is 240 g/mol. The predicted molar refractivity (Wildman–Crippen MR) is 86.6 cm³/mol. The Balaban J connectivity index is 4.12. The summed E-state index contributed by atoms with van der Waals surface area (Å²) in [5, 5.41) is 3.58. The molecule has 3 atom stereocenters. The highest BCUT2D eigenvalue weighted by molar-refractivity contribution is 7.98. The van der Waals surface area contributed by atoms with Gasteiger partial charge in [-0.2, -0.15) is 11.8 Å². The minimum absolute atomic E-state index is 0.641. The van der Waals surface area contributed by atoms with E-state index in [1.54, 1.807) is 0 Å². The Morgan fingerprint density at radius 1 is 1.11 bits per heavy atom. The maximum absolute atomic E-state index is 3.58. The third-order valence-corrected chi connectivity index (χ3v) is 4.61. The topological polar surface area (TPSA) is 15.3 Å². The van der Waals surface area contributed by atoms with E-state index in [4.69, 9.17) is 0 Å². The number of nitrogens with one attached hydrogen (secondary N) is 1. The van der Waals surface area contributed by atoms with E-state index in [1.807, 2.05) is 11.8 Å². The fraction of sp³-hybridized carbons (Fsp3) is 1.00. The first-order valence-corrected chi connectivity index (χ1v) is 8.74. The third kappa shape index (κ3) is 7.01. The number of nitrogens with zero attached hydrogens (tertiary/aromatic N) is 1. The van der Waals surface area contributed by atoms with Crippen LogP contribution in [0, 0.1) is 11.8 Å². The van der Waals surface area contributed by atoms with E-state index in [9.17, 15) is 0 Å². The van der Waals surface area contributed by atoms with Gasteiger partial charge >= 0.3 is 0 Å². The van der Waals surface area contributed by atoms with Gasteiger partial charge in [0.2, 0.25) is 0 Å². The van der Waals surface area contributed by atoms with E-state index in [-0.39, 0.29) is 0 Å². The van der Waals surface area contributed by atoms with Crippen molar-refractivity contribution in [1.82, 2.24) is 10.2 Å². The molecule has 3 heteroatoms. The number of hydrogen-bond acceptors (Lipinski definition) is 3. The van der Waals surface area contributed by atoms with Gasteiger partial charge in [0.1, 0.15) is 0 Å². The molecule has 110 valence electrons. The van der Waals surface area contributed by atoms with Crippen LogP contribution in [0.15, 0.2) is 0 Å². The van der Waals surface area contributed by atoms with E-state index in [0.717, 1.165) is 19.0 Å². The Kier molecular flexibility index (Phi) is 10.3. The molecule has 0 heterocycles. The summed E-state index contributed by atoms with van der Waals surface area (Å²) in [4.78, 5) is 2.57. The van der Waals surface area contributed by atoms with Gasteiger partial charge < -0.3 is 5.32 Å². The monoisotopic (exact) mass is 274 g/mol. The van der Waals surface area contributed by atoms with E-state index in [0.29, 0.717) is 18.0 Å². The van der Waals surface area contributed by atoms with Gasteiger partial charge in [-0.25, -0.2) is 0 Å². The molecule has 0 saturated heterocycles. The molecule has 0 rings (SSSR count). The summed E-state index contributed by atoms with van der Waals surface area (Å²) in [7, 11) is 2.29. The van der Waals surface area contributed by atoms with Gasteiger partial charge in [0.15, 0.2) is 0 Å². The van der Waals surface area contributed by atoms with E-state index in [2.05, 4.69) is 58.1 Å². The van der Waals surface area contributed by atoms with Gasteiger partial charge in [-0.1, -0.05) is 27.7 Å². The molecule has 0 aliphatic rings. The third-order valence-electron chi connectivity index (χ3n) is 3.89. The Morgan fingerprint density at radius 2 is 1.72 bits per heavy atom. The van der Waals surface area contributed by atoms with Crippen LogP contribution in [0.4, 0.5) is 0 Å². The molecule has 18 heavy (non-hydrogen) atoms. The highest BCUT2D eigenvalue weighted by Gasteiger charge is 2.22. The smallest absolute Gasteiger partial charge is 0.0183 e. The molecule has 0 aliphatic carbocycles. The number of rotatable bonds is 10. The minimum Gasteiger partial charge on any atom is -0.316 e. The van der Waals surface area contributed by atoms with Crippen LogP contribution in [-0.4, -0.2) is 49.1 Å². The van der Waals surface area contributed by atoms with E-state index >= 15 is 0 Å². The Bertz CT molecular complexity index is 197. The molecule has 0 amide bonds. The van der Waals surface area contributed by atoms with Crippen LogP contribution in [0.2, 0.25) is 0 Å². The first-order chi connectivity index (χ1) is 8.43. The molecule has 0 radical (unpaired) electrons. The summed E-state index contributed by atoms with van der Waals surface area (Å²) >= 11 is 1.96. The maximum Gasteiger partial charge on any atom is 0.0183 e. The Hall–Kier alpha value is 0.270. The normalized spacial score (nSPS) is 17.2. The summed E-state index contributed by atoms with van der Waals surface area (Å²) in [6, 6.07) is 1.35. The van der Waals surface area contributed by atoms with Crippen LogP contribution in [0.25, 0.3) is 0 Å². The summed E-state index contributed by atoms with van der Waals surface area (Å²) in [5.41, 5.74) is 0. The largest absolute Gasteiger partial charge is 0.316 e. The first kappa shape index (κ1) is 18.3. The zero-order valence-electron chi connectivity index (χ0n) is 13.5. The standard InChI is InChI=1S/C15H34N2S/c1-8-15(11-18-7)17(6)14(5)13(4)10-16-9-12(2)3/h12-16H,8-11H2,1-7H3. The van der Waals surface area contributed by atoms with Crippen molar-refractivity contribution < 1.29 is 0 Å². The molecule has 0 aromatic carbocycles. The van der Waals surface area contributed by atoms with Gasteiger partial charge in [-0.15, -0.1) is 0 Å². The lowest BCUT2D eigenvalue weighted by molar-refractivity contribution is 0.148. The van der Waals surface area contributed by atoms with Crippen LogP contribution in [0.5, 0.6) is 0 Å². The molecule has 0 aromatic rings. The van der Waals surface area contributed by atoms with Crippen molar-refractivity contribution in [2.45, 2.75) is 53.1 Å². The van der Waals surface area contributed by atoms with Crippen molar-refractivity contribution >= 4 is 11.8 Å². The molecule has 0 saturated carbocycles. The zero-order chi connectivity index (χ0) is 14.1. The number of hydrogen-bond donors (Lipinski definition) is 1. The molecule has 1 N–H and O–H groups in total. The Labute approximate surface area is 119 Å². The molecule has 0 fully saturated rings. The Morgan fingerprint density at radius 3 is 2.17 bits per heavy atom. The lowest BCUT2D eigenvalue weighted by Crippen LogP contribution is -2.45. The van der Waals surface area contributed by atoms with E-state index < -0.39 is 0 Å². The second-order valence-electron chi connectivity index (χ2n) is 5.95. The average Bonchev–Trinajstić information content (AvgIpc) is 2.33. The van der Waals surface area contributed by atoms with Crippen LogP contribution in [-0.2, 0) is 0 Å². The van der Waals surface area contributed by atoms with Crippen molar-refractivity contribution in [3.8, 4) is 0 Å². The SMILES string of the molecule is CCC(CSC)N(C)C(C)C(C)CNCC(C)C. The summed E-state index contributed by atoms with van der Waals surface area (Å²) in [6.45, 7) is 13.8. The molecule has 0 bridgehead atoms. The van der Waals surface area contributed by atoms with Gasteiger partial charge in [-0.3, -0.25) is 4.90 Å². The fourth-order valence-corrected chi connectivity index (χ4v) is 3.08. The van der Waals surface area contributed by atoms with Crippen molar-refractivity contribution in [2.24, 2.45) is 11.8 Å². The quantitative estimate of drug-likeness (QED) is 0.658. The van der Waals surface area contributed by atoms with Crippen LogP contribution in [0.1, 0.15) is 41.0 Å². The van der Waals surface area contributed by atoms with Gasteiger partial charge in [-0.05, 0) is 51.6 Å². The summed E-state index contributed by atoms with van der Waals surface area (Å²) < 4.78 is 0. The van der Waals surface area contributed by atoms with Crippen molar-refractivity contribution in [3.63, 3.8) is 0 Å².